The third-order valence-electron chi connectivity index (χ3n) is 2.71. The van der Waals surface area contributed by atoms with Crippen LogP contribution < -0.4 is 10.1 Å². The van der Waals surface area contributed by atoms with E-state index in [9.17, 15) is 5.11 Å². The van der Waals surface area contributed by atoms with Gasteiger partial charge in [-0.25, -0.2) is 0 Å². The van der Waals surface area contributed by atoms with Crippen LogP contribution in [0.3, 0.4) is 0 Å². The Morgan fingerprint density at radius 2 is 2.05 bits per heavy atom. The van der Waals surface area contributed by atoms with Crippen LogP contribution in [0, 0.1) is 0 Å². The number of aliphatic hydroxyl groups is 1. The van der Waals surface area contributed by atoms with Crippen LogP contribution in [0.5, 0.6) is 5.75 Å². The van der Waals surface area contributed by atoms with E-state index in [4.69, 9.17) is 16.3 Å². The number of hydrogen-bond donors (Lipinski definition) is 2. The Morgan fingerprint density at radius 1 is 1.37 bits per heavy atom. The second-order valence-corrected chi connectivity index (χ2v) is 6.11. The maximum absolute atomic E-state index is 9.84. The van der Waals surface area contributed by atoms with Crippen LogP contribution in [-0.2, 0) is 6.42 Å². The number of rotatable bonds is 6. The molecule has 1 aromatic rings. The lowest BCUT2D eigenvalue weighted by Gasteiger charge is -2.23. The zero-order chi connectivity index (χ0) is 14.5. The molecule has 0 radical (unpaired) electrons. The molecule has 0 aliphatic heterocycles. The molecule has 0 saturated heterocycles. The summed E-state index contributed by atoms with van der Waals surface area (Å²) in [7, 11) is 0. The summed E-state index contributed by atoms with van der Waals surface area (Å²) in [6.45, 7) is 9.02. The van der Waals surface area contributed by atoms with E-state index >= 15 is 0 Å². The zero-order valence-electron chi connectivity index (χ0n) is 12.2. The van der Waals surface area contributed by atoms with Crippen LogP contribution in [0.15, 0.2) is 18.2 Å². The largest absolute Gasteiger partial charge is 0.491 e. The molecule has 1 atom stereocenters. The minimum absolute atomic E-state index is 0.00334. The second-order valence-electron chi connectivity index (χ2n) is 5.70. The highest BCUT2D eigenvalue weighted by Gasteiger charge is 2.12. The zero-order valence-corrected chi connectivity index (χ0v) is 12.9. The highest BCUT2D eigenvalue weighted by atomic mass is 35.5. The van der Waals surface area contributed by atoms with Crippen molar-refractivity contribution in [3.8, 4) is 5.75 Å². The third-order valence-corrected chi connectivity index (χ3v) is 3.08. The normalized spacial score (nSPS) is 13.4. The number of aliphatic hydroxyl groups excluding tert-OH is 1. The highest BCUT2D eigenvalue weighted by Crippen LogP contribution is 2.22. The molecule has 0 amide bonds. The summed E-state index contributed by atoms with van der Waals surface area (Å²) in [5, 5.41) is 13.8. The smallest absolute Gasteiger partial charge is 0.119 e. The number of ether oxygens (including phenoxy) is 1. The van der Waals surface area contributed by atoms with Gasteiger partial charge < -0.3 is 15.2 Å². The number of β-amino-alcohol motifs (C(OH)–C–C–N with tert-alkyl or cyclic N) is 1. The van der Waals surface area contributed by atoms with Crippen LogP contribution in [0.1, 0.15) is 33.3 Å². The Balaban J connectivity index is 2.44. The van der Waals surface area contributed by atoms with Crippen molar-refractivity contribution in [2.24, 2.45) is 0 Å². The number of halogens is 1. The molecule has 0 fully saturated rings. The molecule has 1 aromatic carbocycles. The third kappa shape index (κ3) is 6.28. The van der Waals surface area contributed by atoms with E-state index in [0.29, 0.717) is 6.54 Å². The van der Waals surface area contributed by atoms with E-state index < -0.39 is 6.10 Å². The first-order chi connectivity index (χ1) is 8.81. The Morgan fingerprint density at radius 3 is 2.63 bits per heavy atom. The van der Waals surface area contributed by atoms with Crippen molar-refractivity contribution in [1.29, 1.82) is 0 Å². The van der Waals surface area contributed by atoms with Crippen molar-refractivity contribution in [2.75, 3.05) is 13.2 Å². The van der Waals surface area contributed by atoms with Gasteiger partial charge in [0.05, 0.1) is 0 Å². The van der Waals surface area contributed by atoms with E-state index in [1.165, 1.54) is 0 Å². The summed E-state index contributed by atoms with van der Waals surface area (Å²) in [4.78, 5) is 0. The summed E-state index contributed by atoms with van der Waals surface area (Å²) in [5.41, 5.74) is 1.05. The molecule has 1 unspecified atom stereocenters. The minimum atomic E-state index is -0.528. The number of aryl methyl sites for hydroxylation is 1. The summed E-state index contributed by atoms with van der Waals surface area (Å²) in [6, 6.07) is 5.58. The summed E-state index contributed by atoms with van der Waals surface area (Å²) in [5.74, 6) is 0.746. The van der Waals surface area contributed by atoms with Gasteiger partial charge in [0.1, 0.15) is 18.5 Å². The average Bonchev–Trinajstić information content (AvgIpc) is 2.34. The first-order valence-corrected chi connectivity index (χ1v) is 7.04. The molecule has 2 N–H and O–H groups in total. The van der Waals surface area contributed by atoms with Gasteiger partial charge in [-0.2, -0.15) is 0 Å². The lowest BCUT2D eigenvalue weighted by molar-refractivity contribution is 0.100. The van der Waals surface area contributed by atoms with Crippen LogP contribution in [0.25, 0.3) is 0 Å². The number of nitrogens with one attached hydrogen (secondary N) is 1. The first-order valence-electron chi connectivity index (χ1n) is 6.66. The van der Waals surface area contributed by atoms with Gasteiger partial charge in [0.25, 0.3) is 0 Å². The maximum Gasteiger partial charge on any atom is 0.119 e. The van der Waals surface area contributed by atoms with Gasteiger partial charge in [-0.05, 0) is 51.0 Å². The standard InChI is InChI=1S/C15H24ClNO2/c1-5-11-8-13(6-7-14(11)16)19-10-12(18)9-17-15(2,3)4/h6-8,12,17-18H,5,9-10H2,1-4H3. The predicted molar refractivity (Wildman–Crippen MR) is 80.1 cm³/mol. The SMILES string of the molecule is CCc1cc(OCC(O)CNC(C)(C)C)ccc1Cl. The molecule has 108 valence electrons. The van der Waals surface area contributed by atoms with E-state index in [1.807, 2.05) is 25.1 Å². The van der Waals surface area contributed by atoms with Gasteiger partial charge in [-0.3, -0.25) is 0 Å². The van der Waals surface area contributed by atoms with E-state index in [2.05, 4.69) is 26.1 Å². The van der Waals surface area contributed by atoms with Crippen molar-refractivity contribution in [3.63, 3.8) is 0 Å². The molecular formula is C15H24ClNO2. The first kappa shape index (κ1) is 16.3. The molecule has 0 aliphatic carbocycles. The Kier molecular flexibility index (Phi) is 6.11. The van der Waals surface area contributed by atoms with Crippen molar-refractivity contribution in [1.82, 2.24) is 5.32 Å². The minimum Gasteiger partial charge on any atom is -0.491 e. The van der Waals surface area contributed by atoms with Gasteiger partial charge >= 0.3 is 0 Å². The molecule has 0 bridgehead atoms. The van der Waals surface area contributed by atoms with Gasteiger partial charge in [-0.1, -0.05) is 18.5 Å². The summed E-state index contributed by atoms with van der Waals surface area (Å²) in [6.07, 6.45) is 0.337. The fraction of sp³-hybridized carbons (Fsp3) is 0.600. The number of benzene rings is 1. The fourth-order valence-electron chi connectivity index (χ4n) is 1.59. The lowest BCUT2D eigenvalue weighted by Crippen LogP contribution is -2.42. The predicted octanol–water partition coefficient (Wildman–Crippen LogP) is 3.03. The molecule has 19 heavy (non-hydrogen) atoms. The van der Waals surface area contributed by atoms with Crippen molar-refractivity contribution >= 4 is 11.6 Å². The van der Waals surface area contributed by atoms with Crippen molar-refractivity contribution in [2.45, 2.75) is 45.8 Å². The Labute approximate surface area is 120 Å². The highest BCUT2D eigenvalue weighted by molar-refractivity contribution is 6.31. The monoisotopic (exact) mass is 285 g/mol. The van der Waals surface area contributed by atoms with E-state index in [-0.39, 0.29) is 12.1 Å². The Hall–Kier alpha value is -0.770. The molecule has 0 aliphatic rings. The van der Waals surface area contributed by atoms with Crippen LogP contribution in [-0.4, -0.2) is 29.9 Å². The van der Waals surface area contributed by atoms with Crippen molar-refractivity contribution in [3.05, 3.63) is 28.8 Å². The van der Waals surface area contributed by atoms with E-state index in [0.717, 1.165) is 22.8 Å². The molecule has 0 aromatic heterocycles. The topological polar surface area (TPSA) is 41.5 Å². The van der Waals surface area contributed by atoms with E-state index in [1.54, 1.807) is 0 Å². The number of hydrogen-bond acceptors (Lipinski definition) is 3. The van der Waals surface area contributed by atoms with Gasteiger partial charge in [-0.15, -0.1) is 0 Å². The van der Waals surface area contributed by atoms with Gasteiger partial charge in [0.2, 0.25) is 0 Å². The maximum atomic E-state index is 9.84. The second kappa shape index (κ2) is 7.13. The Bertz CT molecular complexity index is 402. The van der Waals surface area contributed by atoms with Gasteiger partial charge in [0.15, 0.2) is 0 Å². The molecule has 0 saturated carbocycles. The molecular weight excluding hydrogens is 262 g/mol. The van der Waals surface area contributed by atoms with Crippen LogP contribution in [0.2, 0.25) is 5.02 Å². The average molecular weight is 286 g/mol. The van der Waals surface area contributed by atoms with Crippen LogP contribution >= 0.6 is 11.6 Å². The van der Waals surface area contributed by atoms with Crippen LogP contribution in [0.4, 0.5) is 0 Å². The molecule has 4 heteroatoms. The quantitative estimate of drug-likeness (QED) is 0.844. The fourth-order valence-corrected chi connectivity index (χ4v) is 1.84. The molecule has 0 heterocycles. The lowest BCUT2D eigenvalue weighted by atomic mass is 10.1. The summed E-state index contributed by atoms with van der Waals surface area (Å²) >= 11 is 6.04. The summed E-state index contributed by atoms with van der Waals surface area (Å²) < 4.78 is 5.58. The molecule has 3 nitrogen and oxygen atoms in total. The molecule has 1 rings (SSSR count). The molecule has 0 spiro atoms. The van der Waals surface area contributed by atoms with Crippen molar-refractivity contribution < 1.29 is 9.84 Å². The van der Waals surface area contributed by atoms with Gasteiger partial charge in [0, 0.05) is 17.1 Å².